The molecule has 6 heteroatoms. The normalized spacial score (nSPS) is 23.2. The molecule has 0 aromatic carbocycles. The Morgan fingerprint density at radius 2 is 2.05 bits per heavy atom. The molecule has 20 heavy (non-hydrogen) atoms. The van der Waals surface area contributed by atoms with E-state index in [0.717, 1.165) is 19.5 Å². The third-order valence-corrected chi connectivity index (χ3v) is 4.23. The van der Waals surface area contributed by atoms with Gasteiger partial charge < -0.3 is 10.2 Å². The Balaban J connectivity index is 1.62. The van der Waals surface area contributed by atoms with Gasteiger partial charge in [-0.05, 0) is 32.4 Å². The molecular weight excluding hydrogens is 254 g/mol. The van der Waals surface area contributed by atoms with Crippen molar-refractivity contribution in [3.8, 4) is 0 Å². The van der Waals surface area contributed by atoms with Gasteiger partial charge in [-0.15, -0.1) is 0 Å². The highest BCUT2D eigenvalue weighted by atomic mass is 16.2. The largest absolute Gasteiger partial charge is 0.372 e. The zero-order chi connectivity index (χ0) is 13.9. The van der Waals surface area contributed by atoms with E-state index < -0.39 is 0 Å². The molecule has 6 nitrogen and oxygen atoms in total. The predicted molar refractivity (Wildman–Crippen MR) is 76.7 cm³/mol. The van der Waals surface area contributed by atoms with Gasteiger partial charge in [0, 0.05) is 26.2 Å². The van der Waals surface area contributed by atoms with Crippen molar-refractivity contribution in [3.05, 3.63) is 18.1 Å². The van der Waals surface area contributed by atoms with Crippen LogP contribution in [0.4, 0.5) is 5.82 Å². The Kier molecular flexibility index (Phi) is 3.82. The van der Waals surface area contributed by atoms with Crippen LogP contribution in [0.3, 0.4) is 0 Å². The van der Waals surface area contributed by atoms with Crippen LogP contribution in [0.15, 0.2) is 12.4 Å². The van der Waals surface area contributed by atoms with Crippen LogP contribution in [-0.4, -0.2) is 64.9 Å². The molecule has 2 aliphatic rings. The summed E-state index contributed by atoms with van der Waals surface area (Å²) in [5.74, 6) is 0.680. The lowest BCUT2D eigenvalue weighted by molar-refractivity contribution is 0.0774. The summed E-state index contributed by atoms with van der Waals surface area (Å²) < 4.78 is 0. The first kappa shape index (κ1) is 13.3. The van der Waals surface area contributed by atoms with Gasteiger partial charge in [0.25, 0.3) is 5.91 Å². The highest BCUT2D eigenvalue weighted by Crippen LogP contribution is 2.21. The van der Waals surface area contributed by atoms with Crippen molar-refractivity contribution in [1.29, 1.82) is 0 Å². The fraction of sp³-hybridized carbons (Fsp3) is 0.643. The number of hydrogen-bond acceptors (Lipinski definition) is 5. The molecule has 0 bridgehead atoms. The summed E-state index contributed by atoms with van der Waals surface area (Å²) in [7, 11) is 1.78. The van der Waals surface area contributed by atoms with Crippen molar-refractivity contribution in [3.63, 3.8) is 0 Å². The Labute approximate surface area is 119 Å². The molecule has 108 valence electrons. The smallest absolute Gasteiger partial charge is 0.274 e. The maximum Gasteiger partial charge on any atom is 0.274 e. The van der Waals surface area contributed by atoms with Crippen LogP contribution in [0.25, 0.3) is 0 Å². The molecular formula is C14H21N5O. The van der Waals surface area contributed by atoms with Gasteiger partial charge in [0.2, 0.25) is 0 Å². The van der Waals surface area contributed by atoms with E-state index in [9.17, 15) is 4.79 Å². The van der Waals surface area contributed by atoms with Gasteiger partial charge in [0.1, 0.15) is 11.5 Å². The summed E-state index contributed by atoms with van der Waals surface area (Å²) in [5, 5.41) is 2.90. The van der Waals surface area contributed by atoms with Gasteiger partial charge in [-0.25, -0.2) is 9.97 Å². The second kappa shape index (κ2) is 5.75. The summed E-state index contributed by atoms with van der Waals surface area (Å²) in [5.41, 5.74) is 0.436. The molecule has 3 heterocycles. The molecule has 0 radical (unpaired) electrons. The summed E-state index contributed by atoms with van der Waals surface area (Å²) in [6.07, 6.45) is 6.81. The fourth-order valence-corrected chi connectivity index (χ4v) is 3.06. The van der Waals surface area contributed by atoms with Crippen molar-refractivity contribution >= 4 is 11.7 Å². The average molecular weight is 275 g/mol. The number of amides is 1. The number of nitrogens with zero attached hydrogens (tertiary/aromatic N) is 4. The van der Waals surface area contributed by atoms with Gasteiger partial charge in [-0.3, -0.25) is 9.69 Å². The van der Waals surface area contributed by atoms with Crippen LogP contribution in [0, 0.1) is 0 Å². The molecule has 2 fully saturated rings. The number of nitrogens with one attached hydrogen (secondary N) is 1. The van der Waals surface area contributed by atoms with Crippen LogP contribution in [-0.2, 0) is 0 Å². The summed E-state index contributed by atoms with van der Waals surface area (Å²) >= 11 is 0. The predicted octanol–water partition coefficient (Wildman–Crippen LogP) is 0.829. The van der Waals surface area contributed by atoms with Crippen molar-refractivity contribution in [1.82, 2.24) is 19.8 Å². The lowest BCUT2D eigenvalue weighted by Crippen LogP contribution is -2.37. The Bertz CT molecular complexity index is 469. The molecule has 1 atom stereocenters. The van der Waals surface area contributed by atoms with Gasteiger partial charge in [-0.1, -0.05) is 0 Å². The molecule has 1 amide bonds. The molecule has 2 aliphatic heterocycles. The topological polar surface area (TPSA) is 61.4 Å². The van der Waals surface area contributed by atoms with Crippen LogP contribution in [0.5, 0.6) is 0 Å². The Morgan fingerprint density at radius 3 is 2.70 bits per heavy atom. The molecule has 3 rings (SSSR count). The minimum Gasteiger partial charge on any atom is -0.372 e. The number of anilines is 1. The van der Waals surface area contributed by atoms with Crippen molar-refractivity contribution in [2.45, 2.75) is 25.3 Å². The van der Waals surface area contributed by atoms with Crippen molar-refractivity contribution in [2.75, 3.05) is 38.5 Å². The zero-order valence-electron chi connectivity index (χ0n) is 11.9. The minimum atomic E-state index is 0.00171. The zero-order valence-corrected chi connectivity index (χ0v) is 11.9. The molecule has 0 aliphatic carbocycles. The minimum absolute atomic E-state index is 0.00171. The third-order valence-electron chi connectivity index (χ3n) is 4.23. The third kappa shape index (κ3) is 2.60. The van der Waals surface area contributed by atoms with E-state index in [4.69, 9.17) is 0 Å². The average Bonchev–Trinajstić information content (AvgIpc) is 3.17. The van der Waals surface area contributed by atoms with Crippen LogP contribution in [0.1, 0.15) is 29.8 Å². The number of hydrogen-bond donors (Lipinski definition) is 1. The first-order valence-electron chi connectivity index (χ1n) is 7.31. The second-order valence-corrected chi connectivity index (χ2v) is 5.47. The molecule has 2 saturated heterocycles. The molecule has 1 N–H and O–H groups in total. The standard InChI is InChI=1S/C14H21N5O/c1-15-13-9-16-12(8-17-13)14(20)19-7-4-11(10-19)18-5-2-3-6-18/h8-9,11H,2-7,10H2,1H3,(H,15,17). The maximum atomic E-state index is 12.4. The first-order valence-corrected chi connectivity index (χ1v) is 7.31. The summed E-state index contributed by atoms with van der Waals surface area (Å²) in [6.45, 7) is 4.02. The fourth-order valence-electron chi connectivity index (χ4n) is 3.06. The van der Waals surface area contributed by atoms with Crippen LogP contribution < -0.4 is 5.32 Å². The van der Waals surface area contributed by atoms with Crippen LogP contribution in [0.2, 0.25) is 0 Å². The highest BCUT2D eigenvalue weighted by molar-refractivity contribution is 5.92. The summed E-state index contributed by atoms with van der Waals surface area (Å²) in [6, 6.07) is 0.533. The molecule has 1 unspecified atom stereocenters. The van der Waals surface area contributed by atoms with Crippen molar-refractivity contribution < 1.29 is 4.79 Å². The van der Waals surface area contributed by atoms with Gasteiger partial charge >= 0.3 is 0 Å². The van der Waals surface area contributed by atoms with E-state index in [0.29, 0.717) is 17.6 Å². The molecule has 0 saturated carbocycles. The maximum absolute atomic E-state index is 12.4. The summed E-state index contributed by atoms with van der Waals surface area (Å²) in [4.78, 5) is 25.2. The molecule has 0 spiro atoms. The first-order chi connectivity index (χ1) is 9.78. The van der Waals surface area contributed by atoms with Gasteiger partial charge in [0.15, 0.2) is 0 Å². The van der Waals surface area contributed by atoms with Crippen molar-refractivity contribution in [2.24, 2.45) is 0 Å². The quantitative estimate of drug-likeness (QED) is 0.885. The SMILES string of the molecule is CNc1cnc(C(=O)N2CCC(N3CCCC3)C2)cn1. The van der Waals surface area contributed by atoms with E-state index in [1.165, 1.54) is 25.9 Å². The van der Waals surface area contributed by atoms with E-state index in [1.54, 1.807) is 19.4 Å². The Hall–Kier alpha value is -1.69. The van der Waals surface area contributed by atoms with E-state index >= 15 is 0 Å². The number of carbonyl (C=O) groups is 1. The lowest BCUT2D eigenvalue weighted by Gasteiger charge is -2.23. The van der Waals surface area contributed by atoms with Gasteiger partial charge in [0.05, 0.1) is 12.4 Å². The van der Waals surface area contributed by atoms with Gasteiger partial charge in [-0.2, -0.15) is 0 Å². The second-order valence-electron chi connectivity index (χ2n) is 5.47. The van der Waals surface area contributed by atoms with Crippen LogP contribution >= 0.6 is 0 Å². The number of aromatic nitrogens is 2. The monoisotopic (exact) mass is 275 g/mol. The van der Waals surface area contributed by atoms with E-state index in [-0.39, 0.29) is 5.91 Å². The van der Waals surface area contributed by atoms with E-state index in [2.05, 4.69) is 20.2 Å². The Morgan fingerprint density at radius 1 is 1.25 bits per heavy atom. The lowest BCUT2D eigenvalue weighted by atomic mass is 10.2. The van der Waals surface area contributed by atoms with E-state index in [1.807, 2.05) is 4.90 Å². The highest BCUT2D eigenvalue weighted by Gasteiger charge is 2.32. The number of likely N-dealkylation sites (tertiary alicyclic amines) is 2. The number of rotatable bonds is 3. The molecule has 1 aromatic heterocycles. The number of carbonyl (C=O) groups excluding carboxylic acids is 1. The molecule has 1 aromatic rings.